The average Bonchev–Trinajstić information content (AvgIpc) is 3.00. The van der Waals surface area contributed by atoms with E-state index in [0.717, 1.165) is 52.8 Å². The Morgan fingerprint density at radius 3 is 2.96 bits per heavy atom. The van der Waals surface area contributed by atoms with E-state index in [4.69, 9.17) is 10.1 Å². The van der Waals surface area contributed by atoms with Gasteiger partial charge in [-0.15, -0.1) is 0 Å². The molecular formula is C18H18BrN5O2. The molecule has 26 heavy (non-hydrogen) atoms. The third-order valence-corrected chi connectivity index (χ3v) is 5.21. The van der Waals surface area contributed by atoms with Crippen molar-refractivity contribution >= 4 is 33.1 Å². The highest BCUT2D eigenvalue weighted by atomic mass is 79.9. The standard InChI is InChI=1S/C18H18BrN5O2/c19-16-9-14-15(10-21-16)24(17(23-14)13-6-1-2-7-20-13)12-5-3-4-11(8-12)22-18(25)26/h1-2,6-7,9-12,22H,3-5,8H2,(H,25,26). The predicted molar refractivity (Wildman–Crippen MR) is 101 cm³/mol. The maximum atomic E-state index is 11.0. The molecule has 3 heterocycles. The normalized spacial score (nSPS) is 20.2. The Bertz CT molecular complexity index is 943. The first-order chi connectivity index (χ1) is 12.6. The molecule has 0 aromatic carbocycles. The first-order valence-electron chi connectivity index (χ1n) is 8.56. The maximum Gasteiger partial charge on any atom is 0.404 e. The van der Waals surface area contributed by atoms with Crippen molar-refractivity contribution in [2.24, 2.45) is 0 Å². The molecule has 1 aliphatic rings. The SMILES string of the molecule is O=C(O)NC1CCCC(n2c(-c3ccccn3)nc3cc(Br)ncc32)C1. The molecule has 0 spiro atoms. The molecule has 2 atom stereocenters. The van der Waals surface area contributed by atoms with Gasteiger partial charge in [-0.2, -0.15) is 0 Å². The fraction of sp³-hybridized carbons (Fsp3) is 0.333. The third kappa shape index (κ3) is 3.29. The van der Waals surface area contributed by atoms with Crippen LogP contribution in [0.3, 0.4) is 0 Å². The molecule has 0 radical (unpaired) electrons. The summed E-state index contributed by atoms with van der Waals surface area (Å²) in [4.78, 5) is 24.7. The second-order valence-corrected chi connectivity index (χ2v) is 7.30. The van der Waals surface area contributed by atoms with Gasteiger partial charge in [-0.05, 0) is 59.8 Å². The zero-order valence-corrected chi connectivity index (χ0v) is 15.6. The summed E-state index contributed by atoms with van der Waals surface area (Å²) in [6.07, 6.45) is 6.11. The number of fused-ring (bicyclic) bond motifs is 1. The first kappa shape index (κ1) is 17.0. The molecule has 0 saturated heterocycles. The minimum Gasteiger partial charge on any atom is -0.465 e. The molecule has 3 aromatic heterocycles. The Morgan fingerprint density at radius 2 is 2.19 bits per heavy atom. The molecule has 134 valence electrons. The maximum absolute atomic E-state index is 11.0. The molecule has 2 unspecified atom stereocenters. The zero-order valence-electron chi connectivity index (χ0n) is 14.0. The van der Waals surface area contributed by atoms with Gasteiger partial charge in [0.1, 0.15) is 10.3 Å². The minimum atomic E-state index is -0.971. The Hall–Kier alpha value is -2.48. The van der Waals surface area contributed by atoms with Crippen LogP contribution < -0.4 is 5.32 Å². The van der Waals surface area contributed by atoms with E-state index in [-0.39, 0.29) is 12.1 Å². The van der Waals surface area contributed by atoms with Crippen molar-refractivity contribution in [3.8, 4) is 11.5 Å². The van der Waals surface area contributed by atoms with Crippen LogP contribution in [0.5, 0.6) is 0 Å². The largest absolute Gasteiger partial charge is 0.465 e. The second-order valence-electron chi connectivity index (χ2n) is 6.48. The Kier molecular flexibility index (Phi) is 4.58. The molecule has 1 aliphatic carbocycles. The summed E-state index contributed by atoms with van der Waals surface area (Å²) in [6.45, 7) is 0. The number of carbonyl (C=O) groups is 1. The molecule has 1 amide bonds. The smallest absolute Gasteiger partial charge is 0.404 e. The highest BCUT2D eigenvalue weighted by molar-refractivity contribution is 9.10. The van der Waals surface area contributed by atoms with E-state index in [0.29, 0.717) is 0 Å². The van der Waals surface area contributed by atoms with Crippen LogP contribution in [0.25, 0.3) is 22.6 Å². The van der Waals surface area contributed by atoms with E-state index >= 15 is 0 Å². The quantitative estimate of drug-likeness (QED) is 0.630. The highest BCUT2D eigenvalue weighted by Gasteiger charge is 2.28. The molecule has 1 saturated carbocycles. The van der Waals surface area contributed by atoms with Gasteiger partial charge >= 0.3 is 6.09 Å². The van der Waals surface area contributed by atoms with Crippen LogP contribution in [0, 0.1) is 0 Å². The average molecular weight is 416 g/mol. The summed E-state index contributed by atoms with van der Waals surface area (Å²) in [7, 11) is 0. The number of pyridine rings is 2. The van der Waals surface area contributed by atoms with Gasteiger partial charge in [0, 0.05) is 18.3 Å². The lowest BCUT2D eigenvalue weighted by molar-refractivity contribution is 0.182. The van der Waals surface area contributed by atoms with Crippen molar-refractivity contribution in [2.45, 2.75) is 37.8 Å². The van der Waals surface area contributed by atoms with Crippen molar-refractivity contribution in [1.29, 1.82) is 0 Å². The Morgan fingerprint density at radius 1 is 1.31 bits per heavy atom. The molecular weight excluding hydrogens is 398 g/mol. The summed E-state index contributed by atoms with van der Waals surface area (Å²) in [5, 5.41) is 11.7. The predicted octanol–water partition coefficient (Wildman–Crippen LogP) is 4.01. The van der Waals surface area contributed by atoms with E-state index in [1.807, 2.05) is 30.5 Å². The first-order valence-corrected chi connectivity index (χ1v) is 9.35. The summed E-state index contributed by atoms with van der Waals surface area (Å²) >= 11 is 3.40. The van der Waals surface area contributed by atoms with Gasteiger partial charge in [0.15, 0.2) is 5.82 Å². The second kappa shape index (κ2) is 7.03. The van der Waals surface area contributed by atoms with Crippen LogP contribution in [0.15, 0.2) is 41.3 Å². The molecule has 8 heteroatoms. The fourth-order valence-corrected chi connectivity index (χ4v) is 4.04. The van der Waals surface area contributed by atoms with Crippen LogP contribution in [0.2, 0.25) is 0 Å². The minimum absolute atomic E-state index is 0.0521. The van der Waals surface area contributed by atoms with Crippen LogP contribution in [-0.4, -0.2) is 36.8 Å². The fourth-order valence-electron chi connectivity index (χ4n) is 3.72. The Balaban J connectivity index is 1.81. The van der Waals surface area contributed by atoms with Crippen molar-refractivity contribution in [3.63, 3.8) is 0 Å². The number of carboxylic acid groups (broad SMARTS) is 1. The number of hydrogen-bond acceptors (Lipinski definition) is 4. The van der Waals surface area contributed by atoms with Crippen LogP contribution >= 0.6 is 15.9 Å². The van der Waals surface area contributed by atoms with E-state index in [2.05, 4.69) is 35.8 Å². The van der Waals surface area contributed by atoms with Crippen molar-refractivity contribution in [3.05, 3.63) is 41.3 Å². The lowest BCUT2D eigenvalue weighted by Gasteiger charge is -2.31. The van der Waals surface area contributed by atoms with Crippen molar-refractivity contribution in [2.75, 3.05) is 0 Å². The number of aromatic nitrogens is 4. The number of imidazole rings is 1. The summed E-state index contributed by atoms with van der Waals surface area (Å²) in [5.74, 6) is 0.793. The number of hydrogen-bond donors (Lipinski definition) is 2. The Labute approximate surface area is 158 Å². The third-order valence-electron chi connectivity index (χ3n) is 4.78. The molecule has 0 bridgehead atoms. The molecule has 7 nitrogen and oxygen atoms in total. The van der Waals surface area contributed by atoms with E-state index in [1.54, 1.807) is 6.20 Å². The van der Waals surface area contributed by atoms with Gasteiger partial charge in [0.2, 0.25) is 0 Å². The summed E-state index contributed by atoms with van der Waals surface area (Å²) < 4.78 is 2.91. The van der Waals surface area contributed by atoms with E-state index in [1.165, 1.54) is 0 Å². The van der Waals surface area contributed by atoms with Gasteiger partial charge in [0.25, 0.3) is 0 Å². The topological polar surface area (TPSA) is 92.9 Å². The lowest BCUT2D eigenvalue weighted by Crippen LogP contribution is -2.38. The van der Waals surface area contributed by atoms with E-state index in [9.17, 15) is 4.79 Å². The molecule has 2 N–H and O–H groups in total. The monoisotopic (exact) mass is 415 g/mol. The number of rotatable bonds is 3. The zero-order chi connectivity index (χ0) is 18.1. The van der Waals surface area contributed by atoms with Gasteiger partial charge in [-0.25, -0.2) is 14.8 Å². The number of amides is 1. The number of nitrogens with one attached hydrogen (secondary N) is 1. The van der Waals surface area contributed by atoms with Crippen LogP contribution in [-0.2, 0) is 0 Å². The lowest BCUT2D eigenvalue weighted by atomic mass is 9.90. The molecule has 4 rings (SSSR count). The van der Waals surface area contributed by atoms with Crippen LogP contribution in [0.1, 0.15) is 31.7 Å². The molecule has 3 aromatic rings. The number of halogens is 1. The molecule has 0 aliphatic heterocycles. The van der Waals surface area contributed by atoms with E-state index < -0.39 is 6.09 Å². The van der Waals surface area contributed by atoms with Gasteiger partial charge in [-0.3, -0.25) is 4.98 Å². The van der Waals surface area contributed by atoms with Gasteiger partial charge in [0.05, 0.1) is 17.2 Å². The van der Waals surface area contributed by atoms with Crippen molar-refractivity contribution < 1.29 is 9.90 Å². The van der Waals surface area contributed by atoms with Crippen molar-refractivity contribution in [1.82, 2.24) is 24.8 Å². The summed E-state index contributed by atoms with van der Waals surface area (Å²) in [6, 6.07) is 7.75. The number of nitrogens with zero attached hydrogens (tertiary/aromatic N) is 4. The highest BCUT2D eigenvalue weighted by Crippen LogP contribution is 2.35. The summed E-state index contributed by atoms with van der Waals surface area (Å²) in [5.41, 5.74) is 2.59. The van der Waals surface area contributed by atoms with Crippen LogP contribution in [0.4, 0.5) is 4.79 Å². The van der Waals surface area contributed by atoms with Gasteiger partial charge in [-0.1, -0.05) is 6.07 Å². The van der Waals surface area contributed by atoms with Gasteiger partial charge < -0.3 is 15.0 Å². The molecule has 1 fully saturated rings.